The highest BCUT2D eigenvalue weighted by Gasteiger charge is 2.31. The van der Waals surface area contributed by atoms with E-state index in [1.54, 1.807) is 55.5 Å². The first-order valence-corrected chi connectivity index (χ1v) is 7.16. The van der Waals surface area contributed by atoms with Crippen LogP contribution in [-0.4, -0.2) is 22.2 Å². The molecule has 2 aromatic heterocycles. The highest BCUT2D eigenvalue weighted by Crippen LogP contribution is 2.18. The SMILES string of the molecule is CCOC(=O)c1c(O)n(-c2ccccc2)c(=O)c2cccc[n+]12. The van der Waals surface area contributed by atoms with E-state index in [0.29, 0.717) is 5.69 Å². The summed E-state index contributed by atoms with van der Waals surface area (Å²) in [5.74, 6) is -1.15. The number of pyridine rings is 1. The second-order valence-corrected chi connectivity index (χ2v) is 4.82. The van der Waals surface area contributed by atoms with E-state index in [1.165, 1.54) is 10.6 Å². The van der Waals surface area contributed by atoms with Crippen LogP contribution < -0.4 is 9.96 Å². The maximum Gasteiger partial charge on any atom is 0.410 e. The van der Waals surface area contributed by atoms with Crippen LogP contribution in [-0.2, 0) is 4.74 Å². The van der Waals surface area contributed by atoms with E-state index in [9.17, 15) is 14.7 Å². The molecule has 0 saturated carbocycles. The Hall–Kier alpha value is -3.15. The van der Waals surface area contributed by atoms with E-state index in [2.05, 4.69) is 0 Å². The number of aromatic nitrogens is 2. The van der Waals surface area contributed by atoms with Crippen LogP contribution in [0.5, 0.6) is 5.88 Å². The van der Waals surface area contributed by atoms with Crippen LogP contribution in [0, 0.1) is 0 Å². The molecule has 0 aliphatic heterocycles. The maximum atomic E-state index is 12.7. The minimum atomic E-state index is -0.698. The molecular formula is C17H15N2O4+. The Morgan fingerprint density at radius 2 is 1.87 bits per heavy atom. The minimum absolute atomic E-state index is 0.0918. The van der Waals surface area contributed by atoms with Crippen molar-refractivity contribution in [2.75, 3.05) is 6.61 Å². The van der Waals surface area contributed by atoms with Gasteiger partial charge in [-0.2, -0.15) is 0 Å². The van der Waals surface area contributed by atoms with Gasteiger partial charge in [0.2, 0.25) is 0 Å². The third kappa shape index (κ3) is 2.44. The Labute approximate surface area is 131 Å². The van der Waals surface area contributed by atoms with E-state index in [1.807, 2.05) is 0 Å². The summed E-state index contributed by atoms with van der Waals surface area (Å²) in [5, 5.41) is 10.6. The Kier molecular flexibility index (Phi) is 3.80. The van der Waals surface area contributed by atoms with E-state index >= 15 is 0 Å². The number of aromatic hydroxyl groups is 1. The van der Waals surface area contributed by atoms with Crippen molar-refractivity contribution in [3.8, 4) is 11.6 Å². The average Bonchev–Trinajstić information content (AvgIpc) is 2.56. The molecule has 0 saturated heterocycles. The van der Waals surface area contributed by atoms with Crippen molar-refractivity contribution in [3.63, 3.8) is 0 Å². The van der Waals surface area contributed by atoms with Gasteiger partial charge in [-0.3, -0.25) is 4.79 Å². The van der Waals surface area contributed by atoms with Crippen molar-refractivity contribution >= 4 is 11.5 Å². The van der Waals surface area contributed by atoms with Gasteiger partial charge in [0.05, 0.1) is 12.3 Å². The lowest BCUT2D eigenvalue weighted by Gasteiger charge is -2.10. The lowest BCUT2D eigenvalue weighted by Crippen LogP contribution is -2.40. The molecule has 0 atom stereocenters. The molecule has 6 heteroatoms. The molecule has 0 amide bonds. The molecule has 23 heavy (non-hydrogen) atoms. The Morgan fingerprint density at radius 3 is 2.57 bits per heavy atom. The quantitative estimate of drug-likeness (QED) is 0.587. The van der Waals surface area contributed by atoms with Gasteiger partial charge < -0.3 is 9.84 Å². The molecule has 3 rings (SSSR count). The summed E-state index contributed by atoms with van der Waals surface area (Å²) in [5.41, 5.74) is 0.206. The predicted octanol–water partition coefficient (Wildman–Crippen LogP) is 1.46. The fraction of sp³-hybridized carbons (Fsp3) is 0.118. The lowest BCUT2D eigenvalue weighted by molar-refractivity contribution is -0.518. The van der Waals surface area contributed by atoms with E-state index < -0.39 is 17.4 Å². The first-order valence-electron chi connectivity index (χ1n) is 7.16. The number of carbonyl (C=O) groups is 1. The molecule has 116 valence electrons. The maximum absolute atomic E-state index is 12.7. The standard InChI is InChI=1S/C17H14N2O4/c1-2-23-17(22)14-16(21)19(12-8-4-3-5-9-12)15(20)13-10-6-7-11-18(13)14/h3-11H,2H2,1H3/p+1. The van der Waals surface area contributed by atoms with Gasteiger partial charge in [-0.15, -0.1) is 4.40 Å². The Balaban J connectivity index is 2.43. The molecule has 0 aliphatic rings. The zero-order chi connectivity index (χ0) is 16.4. The lowest BCUT2D eigenvalue weighted by atomic mass is 10.2. The number of esters is 1. The summed E-state index contributed by atoms with van der Waals surface area (Å²) in [6.07, 6.45) is 1.54. The van der Waals surface area contributed by atoms with E-state index in [0.717, 1.165) is 4.57 Å². The van der Waals surface area contributed by atoms with Crippen LogP contribution in [0.15, 0.2) is 59.5 Å². The van der Waals surface area contributed by atoms with Crippen LogP contribution in [0.1, 0.15) is 17.4 Å². The molecule has 0 bridgehead atoms. The molecule has 1 aromatic carbocycles. The number of para-hydroxylation sites is 1. The van der Waals surface area contributed by atoms with Crippen molar-refractivity contribution in [2.24, 2.45) is 0 Å². The zero-order valence-corrected chi connectivity index (χ0v) is 12.5. The smallest absolute Gasteiger partial charge is 0.410 e. The fourth-order valence-corrected chi connectivity index (χ4v) is 2.44. The van der Waals surface area contributed by atoms with Gasteiger partial charge in [0.25, 0.3) is 11.4 Å². The van der Waals surface area contributed by atoms with Crippen molar-refractivity contribution in [1.29, 1.82) is 0 Å². The Bertz CT molecular complexity index is 932. The van der Waals surface area contributed by atoms with Crippen molar-refractivity contribution in [1.82, 2.24) is 4.57 Å². The number of benzene rings is 1. The molecule has 0 unspecified atom stereocenters. The Morgan fingerprint density at radius 1 is 1.17 bits per heavy atom. The largest absolute Gasteiger partial charge is 0.489 e. The number of carbonyl (C=O) groups excluding carboxylic acids is 1. The van der Waals surface area contributed by atoms with Crippen molar-refractivity contribution < 1.29 is 19.0 Å². The predicted molar refractivity (Wildman–Crippen MR) is 82.8 cm³/mol. The summed E-state index contributed by atoms with van der Waals surface area (Å²) >= 11 is 0. The molecule has 2 heterocycles. The van der Waals surface area contributed by atoms with Gasteiger partial charge in [0, 0.05) is 12.1 Å². The highest BCUT2D eigenvalue weighted by molar-refractivity contribution is 5.88. The average molecular weight is 311 g/mol. The number of hydrogen-bond acceptors (Lipinski definition) is 4. The summed E-state index contributed by atoms with van der Waals surface area (Å²) in [7, 11) is 0. The summed E-state index contributed by atoms with van der Waals surface area (Å²) in [4.78, 5) is 25.0. The fourth-order valence-electron chi connectivity index (χ4n) is 2.44. The number of rotatable bonds is 3. The van der Waals surface area contributed by atoms with Gasteiger partial charge in [0.15, 0.2) is 6.20 Å². The van der Waals surface area contributed by atoms with Crippen LogP contribution in [0.25, 0.3) is 11.2 Å². The first-order chi connectivity index (χ1) is 11.1. The van der Waals surface area contributed by atoms with Crippen LogP contribution in [0.3, 0.4) is 0 Å². The third-order valence-corrected chi connectivity index (χ3v) is 3.43. The molecule has 0 spiro atoms. The molecule has 0 fully saturated rings. The second-order valence-electron chi connectivity index (χ2n) is 4.82. The first kappa shape index (κ1) is 14.8. The molecule has 0 aliphatic carbocycles. The van der Waals surface area contributed by atoms with Gasteiger partial charge in [-0.1, -0.05) is 18.2 Å². The topological polar surface area (TPSA) is 72.6 Å². The molecule has 3 aromatic rings. The summed E-state index contributed by atoms with van der Waals surface area (Å²) in [6, 6.07) is 13.6. The number of nitrogens with zero attached hydrogens (tertiary/aromatic N) is 2. The normalized spacial score (nSPS) is 10.7. The van der Waals surface area contributed by atoms with Gasteiger partial charge in [-0.05, 0) is 25.1 Å². The zero-order valence-electron chi connectivity index (χ0n) is 12.5. The molecule has 6 nitrogen and oxygen atoms in total. The summed E-state index contributed by atoms with van der Waals surface area (Å²) < 4.78 is 7.45. The number of fused-ring (bicyclic) bond motifs is 1. The van der Waals surface area contributed by atoms with E-state index in [-0.39, 0.29) is 17.8 Å². The van der Waals surface area contributed by atoms with E-state index in [4.69, 9.17) is 4.74 Å². The molecular weight excluding hydrogens is 296 g/mol. The number of hydrogen-bond donors (Lipinski definition) is 1. The van der Waals surface area contributed by atoms with Crippen LogP contribution in [0.2, 0.25) is 0 Å². The number of ether oxygens (including phenoxy) is 1. The second kappa shape index (κ2) is 5.92. The summed E-state index contributed by atoms with van der Waals surface area (Å²) in [6.45, 7) is 1.84. The third-order valence-electron chi connectivity index (χ3n) is 3.43. The van der Waals surface area contributed by atoms with Crippen molar-refractivity contribution in [3.05, 3.63) is 70.8 Å². The van der Waals surface area contributed by atoms with Crippen molar-refractivity contribution in [2.45, 2.75) is 6.92 Å². The van der Waals surface area contributed by atoms with Gasteiger partial charge in [0.1, 0.15) is 0 Å². The highest BCUT2D eigenvalue weighted by atomic mass is 16.5. The van der Waals surface area contributed by atoms with Gasteiger partial charge >= 0.3 is 17.2 Å². The van der Waals surface area contributed by atoms with Gasteiger partial charge in [-0.25, -0.2) is 9.36 Å². The molecule has 0 radical (unpaired) electrons. The monoisotopic (exact) mass is 311 g/mol. The van der Waals surface area contributed by atoms with Crippen LogP contribution in [0.4, 0.5) is 0 Å². The minimum Gasteiger partial charge on any atom is -0.489 e. The van der Waals surface area contributed by atoms with Crippen LogP contribution >= 0.6 is 0 Å². The molecule has 1 N–H and O–H groups in total.